The molecule has 3 heterocycles. The molecule has 1 aliphatic heterocycles. The van der Waals surface area contributed by atoms with Crippen molar-refractivity contribution in [3.05, 3.63) is 41.9 Å². The summed E-state index contributed by atoms with van der Waals surface area (Å²) < 4.78 is 5.37. The second-order valence-corrected chi connectivity index (χ2v) is 5.42. The number of carbonyl (C=O) groups excluding carboxylic acids is 1. The number of aromatic amines is 1. The number of piperidine rings is 1. The van der Waals surface area contributed by atoms with Crippen LogP contribution in [-0.4, -0.2) is 45.7 Å². The van der Waals surface area contributed by atoms with Crippen molar-refractivity contribution in [1.29, 1.82) is 0 Å². The average Bonchev–Trinajstić information content (AvgIpc) is 3.09. The van der Waals surface area contributed by atoms with E-state index in [4.69, 9.17) is 4.74 Å². The number of hydrogen-bond donors (Lipinski definition) is 1. The Kier molecular flexibility index (Phi) is 4.37. The van der Waals surface area contributed by atoms with E-state index < -0.39 is 0 Å². The zero-order chi connectivity index (χ0) is 15.4. The maximum absolute atomic E-state index is 12.7. The smallest absolute Gasteiger partial charge is 0.254 e. The van der Waals surface area contributed by atoms with Crippen molar-refractivity contribution in [3.8, 4) is 5.88 Å². The fraction of sp³-hybridized carbons (Fsp3) is 0.438. The molecule has 6 nitrogen and oxygen atoms in total. The minimum absolute atomic E-state index is 0.0348. The molecule has 2 aromatic rings. The molecule has 1 aliphatic rings. The van der Waals surface area contributed by atoms with E-state index in [1.54, 1.807) is 24.5 Å². The fourth-order valence-electron chi connectivity index (χ4n) is 2.86. The molecule has 1 N–H and O–H groups in total. The molecule has 1 amide bonds. The molecule has 0 bridgehead atoms. The minimum Gasteiger partial charge on any atom is -0.478 e. The molecular formula is C16H20N4O2. The van der Waals surface area contributed by atoms with Crippen molar-refractivity contribution in [1.82, 2.24) is 20.1 Å². The lowest BCUT2D eigenvalue weighted by atomic mass is 9.94. The number of nitrogens with zero attached hydrogens (tertiary/aromatic N) is 3. The zero-order valence-electron chi connectivity index (χ0n) is 12.7. The summed E-state index contributed by atoms with van der Waals surface area (Å²) in [4.78, 5) is 18.7. The van der Waals surface area contributed by atoms with Gasteiger partial charge in [0.2, 0.25) is 5.88 Å². The Hall–Kier alpha value is -2.37. The van der Waals surface area contributed by atoms with Gasteiger partial charge in [-0.05, 0) is 31.9 Å². The first-order valence-corrected chi connectivity index (χ1v) is 7.65. The summed E-state index contributed by atoms with van der Waals surface area (Å²) in [5.41, 5.74) is 1.73. The van der Waals surface area contributed by atoms with Crippen LogP contribution in [0.15, 0.2) is 30.6 Å². The van der Waals surface area contributed by atoms with E-state index in [-0.39, 0.29) is 5.91 Å². The highest BCUT2D eigenvalue weighted by atomic mass is 16.5. The lowest BCUT2D eigenvalue weighted by molar-refractivity contribution is 0.0705. The number of likely N-dealkylation sites (tertiary alicyclic amines) is 1. The number of aromatic nitrogens is 3. The van der Waals surface area contributed by atoms with E-state index in [0.29, 0.717) is 30.5 Å². The highest BCUT2D eigenvalue weighted by molar-refractivity contribution is 5.94. The number of nitrogens with one attached hydrogen (secondary N) is 1. The van der Waals surface area contributed by atoms with Gasteiger partial charge < -0.3 is 9.64 Å². The average molecular weight is 300 g/mol. The van der Waals surface area contributed by atoms with Crippen LogP contribution in [0.4, 0.5) is 0 Å². The van der Waals surface area contributed by atoms with E-state index in [1.807, 2.05) is 17.9 Å². The topological polar surface area (TPSA) is 71.1 Å². The molecule has 0 aliphatic carbocycles. The SMILES string of the molecule is CCOc1cc(C(=O)N2CCC[C@@H](c3ccn[nH]3)C2)ccn1. The Morgan fingerprint density at radius 3 is 3.14 bits per heavy atom. The molecule has 1 atom stereocenters. The van der Waals surface area contributed by atoms with Crippen LogP contribution in [0.3, 0.4) is 0 Å². The van der Waals surface area contributed by atoms with Crippen LogP contribution >= 0.6 is 0 Å². The van der Waals surface area contributed by atoms with Gasteiger partial charge in [0.1, 0.15) is 0 Å². The van der Waals surface area contributed by atoms with Gasteiger partial charge in [-0.1, -0.05) is 0 Å². The van der Waals surface area contributed by atoms with E-state index in [9.17, 15) is 4.79 Å². The zero-order valence-corrected chi connectivity index (χ0v) is 12.7. The lowest BCUT2D eigenvalue weighted by Crippen LogP contribution is -2.39. The Morgan fingerprint density at radius 1 is 1.45 bits per heavy atom. The molecule has 1 fully saturated rings. The number of H-pyrrole nitrogens is 1. The third-order valence-corrected chi connectivity index (χ3v) is 3.94. The number of rotatable bonds is 4. The first-order valence-electron chi connectivity index (χ1n) is 7.65. The van der Waals surface area contributed by atoms with E-state index in [1.165, 1.54) is 0 Å². The maximum Gasteiger partial charge on any atom is 0.254 e. The van der Waals surface area contributed by atoms with Crippen LogP contribution in [0.2, 0.25) is 0 Å². The second-order valence-electron chi connectivity index (χ2n) is 5.42. The molecule has 3 rings (SSSR count). The molecule has 6 heteroatoms. The molecule has 0 unspecified atom stereocenters. The number of ether oxygens (including phenoxy) is 1. The van der Waals surface area contributed by atoms with Gasteiger partial charge in [0.05, 0.1) is 6.61 Å². The molecule has 0 saturated carbocycles. The van der Waals surface area contributed by atoms with Crippen molar-refractivity contribution in [2.75, 3.05) is 19.7 Å². The third-order valence-electron chi connectivity index (χ3n) is 3.94. The van der Waals surface area contributed by atoms with Crippen molar-refractivity contribution >= 4 is 5.91 Å². The standard InChI is InChI=1S/C16H20N4O2/c1-2-22-15-10-12(5-7-17-15)16(21)20-9-3-4-13(11-20)14-6-8-18-19-14/h5-8,10,13H,2-4,9,11H2,1H3,(H,18,19)/t13-/m1/s1. The number of hydrogen-bond acceptors (Lipinski definition) is 4. The van der Waals surface area contributed by atoms with Gasteiger partial charge in [0.25, 0.3) is 5.91 Å². The predicted octanol–water partition coefficient (Wildman–Crippen LogP) is 2.22. The molecule has 116 valence electrons. The maximum atomic E-state index is 12.7. The summed E-state index contributed by atoms with van der Waals surface area (Å²) in [7, 11) is 0. The van der Waals surface area contributed by atoms with Gasteiger partial charge in [-0.3, -0.25) is 9.89 Å². The first-order chi connectivity index (χ1) is 10.8. The first kappa shape index (κ1) is 14.6. The molecule has 0 aromatic carbocycles. The molecule has 2 aromatic heterocycles. The highest BCUT2D eigenvalue weighted by Crippen LogP contribution is 2.26. The predicted molar refractivity (Wildman–Crippen MR) is 81.9 cm³/mol. The Morgan fingerprint density at radius 2 is 2.36 bits per heavy atom. The van der Waals surface area contributed by atoms with Gasteiger partial charge in [0.15, 0.2) is 0 Å². The molecule has 0 radical (unpaired) electrons. The lowest BCUT2D eigenvalue weighted by Gasteiger charge is -2.32. The van der Waals surface area contributed by atoms with Gasteiger partial charge >= 0.3 is 0 Å². The number of amides is 1. The van der Waals surface area contributed by atoms with Gasteiger partial charge in [0, 0.05) is 48.7 Å². The quantitative estimate of drug-likeness (QED) is 0.940. The Labute approximate surface area is 129 Å². The van der Waals surface area contributed by atoms with Crippen LogP contribution in [-0.2, 0) is 0 Å². The number of carbonyl (C=O) groups is 1. The Bertz CT molecular complexity index is 627. The van der Waals surface area contributed by atoms with Crippen LogP contribution in [0.25, 0.3) is 0 Å². The summed E-state index contributed by atoms with van der Waals surface area (Å²) >= 11 is 0. The van der Waals surface area contributed by atoms with Crippen molar-refractivity contribution in [2.45, 2.75) is 25.7 Å². The Balaban J connectivity index is 1.72. The monoisotopic (exact) mass is 300 g/mol. The van der Waals surface area contributed by atoms with Crippen LogP contribution in [0.1, 0.15) is 41.7 Å². The second kappa shape index (κ2) is 6.60. The normalized spacial score (nSPS) is 18.2. The van der Waals surface area contributed by atoms with Gasteiger partial charge in [-0.25, -0.2) is 4.98 Å². The van der Waals surface area contributed by atoms with Gasteiger partial charge in [-0.15, -0.1) is 0 Å². The molecule has 22 heavy (non-hydrogen) atoms. The highest BCUT2D eigenvalue weighted by Gasteiger charge is 2.26. The fourth-order valence-corrected chi connectivity index (χ4v) is 2.86. The van der Waals surface area contributed by atoms with Crippen LogP contribution in [0, 0.1) is 0 Å². The van der Waals surface area contributed by atoms with Crippen molar-refractivity contribution < 1.29 is 9.53 Å². The molecular weight excluding hydrogens is 280 g/mol. The molecule has 1 saturated heterocycles. The van der Waals surface area contributed by atoms with E-state index in [2.05, 4.69) is 15.2 Å². The summed E-state index contributed by atoms with van der Waals surface area (Å²) in [6.45, 7) is 3.94. The van der Waals surface area contributed by atoms with Gasteiger partial charge in [-0.2, -0.15) is 5.10 Å². The van der Waals surface area contributed by atoms with Crippen LogP contribution in [0.5, 0.6) is 5.88 Å². The molecule has 0 spiro atoms. The minimum atomic E-state index is 0.0348. The summed E-state index contributed by atoms with van der Waals surface area (Å²) in [6.07, 6.45) is 5.45. The largest absolute Gasteiger partial charge is 0.478 e. The summed E-state index contributed by atoms with van der Waals surface area (Å²) in [5.74, 6) is 0.858. The summed E-state index contributed by atoms with van der Waals surface area (Å²) in [6, 6.07) is 5.44. The third kappa shape index (κ3) is 3.10. The van der Waals surface area contributed by atoms with Crippen LogP contribution < -0.4 is 4.74 Å². The van der Waals surface area contributed by atoms with E-state index >= 15 is 0 Å². The number of pyridine rings is 1. The van der Waals surface area contributed by atoms with Crippen molar-refractivity contribution in [2.24, 2.45) is 0 Å². The van der Waals surface area contributed by atoms with E-state index in [0.717, 1.165) is 25.1 Å². The summed E-state index contributed by atoms with van der Waals surface area (Å²) in [5, 5.41) is 7.02. The van der Waals surface area contributed by atoms with Crippen molar-refractivity contribution in [3.63, 3.8) is 0 Å².